The summed E-state index contributed by atoms with van der Waals surface area (Å²) in [6.45, 7) is 0.440. The van der Waals surface area contributed by atoms with Crippen LogP contribution in [-0.2, 0) is 16.2 Å². The fourth-order valence-corrected chi connectivity index (χ4v) is 4.58. The van der Waals surface area contributed by atoms with Crippen LogP contribution in [0.1, 0.15) is 29.9 Å². The lowest BCUT2D eigenvalue weighted by molar-refractivity contribution is -0.137. The van der Waals surface area contributed by atoms with E-state index in [1.807, 2.05) is 0 Å². The molecule has 1 fully saturated rings. The normalized spacial score (nSPS) is 17.1. The van der Waals surface area contributed by atoms with E-state index in [1.54, 1.807) is 6.20 Å². The molecular formula is C16H18F3N5O2S. The second-order valence-electron chi connectivity index (χ2n) is 6.27. The van der Waals surface area contributed by atoms with Gasteiger partial charge in [-0.05, 0) is 43.0 Å². The number of anilines is 2. The Kier molecular flexibility index (Phi) is 5.00. The molecule has 1 aromatic heterocycles. The van der Waals surface area contributed by atoms with Crippen molar-refractivity contribution in [2.75, 3.05) is 24.6 Å². The van der Waals surface area contributed by atoms with Crippen molar-refractivity contribution < 1.29 is 21.6 Å². The van der Waals surface area contributed by atoms with Crippen molar-refractivity contribution in [2.24, 2.45) is 0 Å². The number of hydrogen-bond donors (Lipinski definition) is 2. The monoisotopic (exact) mass is 401 g/mol. The van der Waals surface area contributed by atoms with Crippen molar-refractivity contribution in [1.29, 1.82) is 0 Å². The third-order valence-electron chi connectivity index (χ3n) is 4.58. The van der Waals surface area contributed by atoms with Crippen LogP contribution in [-0.4, -0.2) is 35.8 Å². The lowest BCUT2D eigenvalue weighted by Crippen LogP contribution is -2.38. The first-order valence-electron chi connectivity index (χ1n) is 8.14. The number of rotatable bonds is 3. The number of nitrogens with zero attached hydrogens (tertiary/aromatic N) is 3. The summed E-state index contributed by atoms with van der Waals surface area (Å²) in [5.74, 6) is 0.328. The van der Waals surface area contributed by atoms with Crippen LogP contribution in [0.4, 0.5) is 24.9 Å². The van der Waals surface area contributed by atoms with E-state index < -0.39 is 21.8 Å². The predicted molar refractivity (Wildman–Crippen MR) is 93.0 cm³/mol. The van der Waals surface area contributed by atoms with Gasteiger partial charge in [0.05, 0.1) is 10.5 Å². The van der Waals surface area contributed by atoms with Crippen LogP contribution < -0.4 is 11.5 Å². The number of hydrogen-bond acceptors (Lipinski definition) is 6. The molecule has 0 bridgehead atoms. The van der Waals surface area contributed by atoms with Gasteiger partial charge in [-0.2, -0.15) is 22.5 Å². The zero-order chi connectivity index (χ0) is 19.8. The van der Waals surface area contributed by atoms with Gasteiger partial charge in [0.25, 0.3) is 0 Å². The van der Waals surface area contributed by atoms with Gasteiger partial charge in [0.1, 0.15) is 5.82 Å². The SMILES string of the molecule is Nc1ncc(C2CCN(S(=O)(=O)c3ccc(C(F)(F)F)cc3)CC2)c(N)n1. The van der Waals surface area contributed by atoms with Gasteiger partial charge in [-0.15, -0.1) is 0 Å². The van der Waals surface area contributed by atoms with E-state index in [4.69, 9.17) is 11.5 Å². The number of benzene rings is 1. The number of halogens is 3. The van der Waals surface area contributed by atoms with Gasteiger partial charge in [0.15, 0.2) is 0 Å². The predicted octanol–water partition coefficient (Wildman–Crippen LogP) is 2.23. The molecule has 2 heterocycles. The smallest absolute Gasteiger partial charge is 0.383 e. The lowest BCUT2D eigenvalue weighted by Gasteiger charge is -2.31. The summed E-state index contributed by atoms with van der Waals surface area (Å²) < 4.78 is 64.6. The molecule has 0 spiro atoms. The van der Waals surface area contributed by atoms with E-state index >= 15 is 0 Å². The fraction of sp³-hybridized carbons (Fsp3) is 0.375. The van der Waals surface area contributed by atoms with E-state index in [0.29, 0.717) is 12.8 Å². The first-order valence-corrected chi connectivity index (χ1v) is 9.58. The molecule has 146 valence electrons. The molecule has 1 aliphatic rings. The first-order chi connectivity index (χ1) is 12.6. The molecule has 11 heteroatoms. The summed E-state index contributed by atoms with van der Waals surface area (Å²) in [4.78, 5) is 7.67. The molecule has 7 nitrogen and oxygen atoms in total. The van der Waals surface area contributed by atoms with Crippen LogP contribution in [0, 0.1) is 0 Å². The Hall–Kier alpha value is -2.40. The topological polar surface area (TPSA) is 115 Å². The standard InChI is InChI=1S/C16H18F3N5O2S/c17-16(18,19)11-1-3-12(4-2-11)27(25,26)24-7-5-10(6-8-24)13-9-22-15(21)23-14(13)20/h1-4,9-10H,5-8H2,(H4,20,21,22,23). The highest BCUT2D eigenvalue weighted by molar-refractivity contribution is 7.89. The highest BCUT2D eigenvalue weighted by Gasteiger charge is 2.33. The Labute approximate surface area is 154 Å². The third kappa shape index (κ3) is 3.98. The zero-order valence-corrected chi connectivity index (χ0v) is 15.0. The lowest BCUT2D eigenvalue weighted by atomic mass is 9.91. The molecule has 1 aromatic carbocycles. The minimum absolute atomic E-state index is 0.00958. The van der Waals surface area contributed by atoms with Gasteiger partial charge in [-0.25, -0.2) is 13.4 Å². The Morgan fingerprint density at radius 1 is 1.07 bits per heavy atom. The summed E-state index contributed by atoms with van der Waals surface area (Å²) >= 11 is 0. The average molecular weight is 401 g/mol. The number of piperidine rings is 1. The molecule has 1 saturated heterocycles. The number of aromatic nitrogens is 2. The molecule has 0 aliphatic carbocycles. The van der Waals surface area contributed by atoms with Crippen LogP contribution in [0.3, 0.4) is 0 Å². The quantitative estimate of drug-likeness (QED) is 0.815. The van der Waals surface area contributed by atoms with Crippen molar-refractivity contribution in [3.05, 3.63) is 41.6 Å². The number of alkyl halides is 3. The summed E-state index contributed by atoms with van der Waals surface area (Å²) in [5, 5.41) is 0. The molecule has 0 unspecified atom stereocenters. The second-order valence-corrected chi connectivity index (χ2v) is 8.21. The third-order valence-corrected chi connectivity index (χ3v) is 6.49. The molecule has 0 radical (unpaired) electrons. The highest BCUT2D eigenvalue weighted by Crippen LogP contribution is 2.34. The fourth-order valence-electron chi connectivity index (χ4n) is 3.11. The molecule has 2 aromatic rings. The van der Waals surface area contributed by atoms with Crippen LogP contribution in [0.25, 0.3) is 0 Å². The Morgan fingerprint density at radius 3 is 2.19 bits per heavy atom. The Bertz CT molecular complexity index is 924. The Morgan fingerprint density at radius 2 is 1.67 bits per heavy atom. The van der Waals surface area contributed by atoms with Gasteiger partial charge >= 0.3 is 6.18 Å². The minimum Gasteiger partial charge on any atom is -0.383 e. The second kappa shape index (κ2) is 6.97. The molecular weight excluding hydrogens is 383 g/mol. The van der Waals surface area contributed by atoms with Crippen LogP contribution in [0.15, 0.2) is 35.4 Å². The average Bonchev–Trinajstić information content (AvgIpc) is 2.61. The maximum absolute atomic E-state index is 12.7. The molecule has 4 N–H and O–H groups in total. The van der Waals surface area contributed by atoms with Gasteiger partial charge in [-0.3, -0.25) is 0 Å². The molecule has 1 aliphatic heterocycles. The number of nitrogens with two attached hydrogens (primary N) is 2. The van der Waals surface area contributed by atoms with Crippen molar-refractivity contribution in [1.82, 2.24) is 14.3 Å². The largest absolute Gasteiger partial charge is 0.416 e. The number of nitrogen functional groups attached to an aromatic ring is 2. The summed E-state index contributed by atoms with van der Waals surface area (Å²) in [5.41, 5.74) is 11.2. The zero-order valence-electron chi connectivity index (χ0n) is 14.1. The molecule has 3 rings (SSSR count). The maximum atomic E-state index is 12.7. The van der Waals surface area contributed by atoms with E-state index in [1.165, 1.54) is 4.31 Å². The maximum Gasteiger partial charge on any atom is 0.416 e. The molecule has 0 atom stereocenters. The van der Waals surface area contributed by atoms with Gasteiger partial charge in [0.2, 0.25) is 16.0 Å². The molecule has 0 amide bonds. The van der Waals surface area contributed by atoms with Gasteiger partial charge in [0, 0.05) is 24.8 Å². The van der Waals surface area contributed by atoms with Crippen LogP contribution >= 0.6 is 0 Å². The summed E-state index contributed by atoms with van der Waals surface area (Å²) in [7, 11) is -3.86. The first kappa shape index (κ1) is 19.4. The molecule has 0 saturated carbocycles. The van der Waals surface area contributed by atoms with Crippen LogP contribution in [0.2, 0.25) is 0 Å². The van der Waals surface area contributed by atoms with E-state index in [9.17, 15) is 21.6 Å². The van der Waals surface area contributed by atoms with Crippen molar-refractivity contribution in [2.45, 2.75) is 29.8 Å². The van der Waals surface area contributed by atoms with Gasteiger partial charge < -0.3 is 11.5 Å². The van der Waals surface area contributed by atoms with Crippen molar-refractivity contribution in [3.8, 4) is 0 Å². The Balaban J connectivity index is 1.73. The van der Waals surface area contributed by atoms with Crippen molar-refractivity contribution >= 4 is 21.8 Å². The van der Waals surface area contributed by atoms with Gasteiger partial charge in [-0.1, -0.05) is 0 Å². The summed E-state index contributed by atoms with van der Waals surface area (Å²) in [6.07, 6.45) is -1.97. The van der Waals surface area contributed by atoms with E-state index in [2.05, 4.69) is 9.97 Å². The summed E-state index contributed by atoms with van der Waals surface area (Å²) in [6, 6.07) is 3.50. The van der Waals surface area contributed by atoms with E-state index in [-0.39, 0.29) is 35.7 Å². The van der Waals surface area contributed by atoms with Crippen molar-refractivity contribution in [3.63, 3.8) is 0 Å². The number of sulfonamides is 1. The van der Waals surface area contributed by atoms with Crippen LogP contribution in [0.5, 0.6) is 0 Å². The molecule has 27 heavy (non-hydrogen) atoms. The highest BCUT2D eigenvalue weighted by atomic mass is 32.2. The minimum atomic E-state index is -4.51. The van der Waals surface area contributed by atoms with E-state index in [0.717, 1.165) is 29.8 Å².